The molecule has 0 aliphatic heterocycles. The highest BCUT2D eigenvalue weighted by molar-refractivity contribution is 5.73. The van der Waals surface area contributed by atoms with Crippen LogP contribution < -0.4 is 5.73 Å². The Morgan fingerprint density at radius 1 is 1.47 bits per heavy atom. The number of hydrogen-bond acceptors (Lipinski definition) is 3. The van der Waals surface area contributed by atoms with Gasteiger partial charge in [0.25, 0.3) is 0 Å². The van der Waals surface area contributed by atoms with E-state index in [0.717, 1.165) is 0 Å². The quantitative estimate of drug-likeness (QED) is 0.691. The molecule has 15 heavy (non-hydrogen) atoms. The van der Waals surface area contributed by atoms with Gasteiger partial charge in [-0.2, -0.15) is 0 Å². The molecule has 1 aromatic rings. The van der Waals surface area contributed by atoms with E-state index in [1.165, 1.54) is 18.2 Å². The highest BCUT2D eigenvalue weighted by Crippen LogP contribution is 2.18. The minimum Gasteiger partial charge on any atom is -0.508 e. The maximum atomic E-state index is 12.5. The Morgan fingerprint density at radius 2 is 2.13 bits per heavy atom. The molecule has 5 heteroatoms. The summed E-state index contributed by atoms with van der Waals surface area (Å²) in [5.74, 6) is -1.18. The largest absolute Gasteiger partial charge is 0.508 e. The van der Waals surface area contributed by atoms with Gasteiger partial charge in [0.15, 0.2) is 0 Å². The summed E-state index contributed by atoms with van der Waals surface area (Å²) in [6.07, 6.45) is 0.0505. The van der Waals surface area contributed by atoms with E-state index in [4.69, 9.17) is 15.9 Å². The number of carbonyl (C=O) groups is 1. The van der Waals surface area contributed by atoms with Crippen molar-refractivity contribution in [2.24, 2.45) is 5.73 Å². The number of phenols is 1. The maximum absolute atomic E-state index is 12.5. The SMILES string of the molecule is N[C@@H](Cc1ccc(O)cc1CF)C(=O)O. The molecular formula is C10H12FNO3. The van der Waals surface area contributed by atoms with Crippen molar-refractivity contribution in [3.8, 4) is 5.75 Å². The number of carboxylic acids is 1. The highest BCUT2D eigenvalue weighted by Gasteiger charge is 2.14. The Kier molecular flexibility index (Phi) is 3.62. The van der Waals surface area contributed by atoms with Gasteiger partial charge >= 0.3 is 5.97 Å². The van der Waals surface area contributed by atoms with Crippen LogP contribution in [0.25, 0.3) is 0 Å². The molecule has 0 aliphatic carbocycles. The third-order valence-corrected chi connectivity index (χ3v) is 2.09. The summed E-state index contributed by atoms with van der Waals surface area (Å²) in [6, 6.07) is 3.07. The van der Waals surface area contributed by atoms with Gasteiger partial charge in [0.05, 0.1) is 0 Å². The van der Waals surface area contributed by atoms with Crippen LogP contribution in [0.15, 0.2) is 18.2 Å². The number of halogens is 1. The van der Waals surface area contributed by atoms with Gasteiger partial charge in [0.2, 0.25) is 0 Å². The Labute approximate surface area is 86.1 Å². The molecule has 4 nitrogen and oxygen atoms in total. The topological polar surface area (TPSA) is 83.5 Å². The zero-order valence-electron chi connectivity index (χ0n) is 7.98. The van der Waals surface area contributed by atoms with Crippen LogP contribution in [0.1, 0.15) is 11.1 Å². The fourth-order valence-electron chi connectivity index (χ4n) is 1.26. The van der Waals surface area contributed by atoms with Crippen molar-refractivity contribution in [1.29, 1.82) is 0 Å². The molecule has 0 aliphatic rings. The van der Waals surface area contributed by atoms with Crippen LogP contribution >= 0.6 is 0 Å². The van der Waals surface area contributed by atoms with E-state index in [2.05, 4.69) is 0 Å². The summed E-state index contributed by atoms with van der Waals surface area (Å²) in [4.78, 5) is 10.5. The van der Waals surface area contributed by atoms with Crippen molar-refractivity contribution in [2.75, 3.05) is 0 Å². The van der Waals surface area contributed by atoms with Crippen molar-refractivity contribution >= 4 is 5.97 Å². The molecule has 0 heterocycles. The molecule has 0 bridgehead atoms. The van der Waals surface area contributed by atoms with Gasteiger partial charge in [-0.1, -0.05) is 6.07 Å². The van der Waals surface area contributed by atoms with Gasteiger partial charge in [-0.05, 0) is 29.7 Å². The van der Waals surface area contributed by atoms with Crippen LogP contribution in [0.3, 0.4) is 0 Å². The Bertz CT molecular complexity index is 368. The number of phenolic OH excluding ortho intramolecular Hbond substituents is 1. The number of hydrogen-bond donors (Lipinski definition) is 3. The fourth-order valence-corrected chi connectivity index (χ4v) is 1.26. The molecule has 0 radical (unpaired) electrons. The fraction of sp³-hybridized carbons (Fsp3) is 0.300. The summed E-state index contributed by atoms with van der Waals surface area (Å²) in [7, 11) is 0. The number of alkyl halides is 1. The first-order chi connectivity index (χ1) is 7.04. The van der Waals surface area contributed by atoms with E-state index in [9.17, 15) is 9.18 Å². The molecule has 4 N–H and O–H groups in total. The van der Waals surface area contributed by atoms with Crippen molar-refractivity contribution in [2.45, 2.75) is 19.1 Å². The number of benzene rings is 1. The summed E-state index contributed by atoms with van der Waals surface area (Å²) in [6.45, 7) is -0.754. The monoisotopic (exact) mass is 213 g/mol. The van der Waals surface area contributed by atoms with E-state index in [-0.39, 0.29) is 17.7 Å². The lowest BCUT2D eigenvalue weighted by atomic mass is 10.0. The summed E-state index contributed by atoms with van der Waals surface area (Å²) < 4.78 is 12.5. The summed E-state index contributed by atoms with van der Waals surface area (Å²) in [5.41, 5.74) is 6.10. The zero-order chi connectivity index (χ0) is 11.4. The first-order valence-corrected chi connectivity index (χ1v) is 4.39. The molecule has 1 atom stereocenters. The minimum absolute atomic E-state index is 0.0460. The Hall–Kier alpha value is -1.62. The molecule has 0 saturated heterocycles. The molecule has 82 valence electrons. The van der Waals surface area contributed by atoms with Gasteiger partial charge in [0.1, 0.15) is 18.5 Å². The third kappa shape index (κ3) is 2.92. The van der Waals surface area contributed by atoms with Gasteiger partial charge in [-0.15, -0.1) is 0 Å². The molecule has 1 aromatic carbocycles. The molecule has 0 amide bonds. The van der Waals surface area contributed by atoms with Crippen molar-refractivity contribution in [3.63, 3.8) is 0 Å². The van der Waals surface area contributed by atoms with Crippen molar-refractivity contribution in [1.82, 2.24) is 0 Å². The lowest BCUT2D eigenvalue weighted by molar-refractivity contribution is -0.138. The molecule has 1 rings (SSSR count). The molecule has 0 unspecified atom stereocenters. The Morgan fingerprint density at radius 3 is 2.67 bits per heavy atom. The molecule has 0 fully saturated rings. The van der Waals surface area contributed by atoms with Crippen LogP contribution in [0, 0.1) is 0 Å². The van der Waals surface area contributed by atoms with Crippen LogP contribution in [0.4, 0.5) is 4.39 Å². The third-order valence-electron chi connectivity index (χ3n) is 2.09. The first kappa shape index (κ1) is 11.5. The van der Waals surface area contributed by atoms with Gasteiger partial charge in [-0.3, -0.25) is 4.79 Å². The van der Waals surface area contributed by atoms with E-state index >= 15 is 0 Å². The molecule has 0 spiro atoms. The van der Waals surface area contributed by atoms with E-state index in [0.29, 0.717) is 5.56 Å². The Balaban J connectivity index is 2.89. The van der Waals surface area contributed by atoms with Crippen LogP contribution in [0.2, 0.25) is 0 Å². The predicted octanol–water partition coefficient (Wildman–Crippen LogP) is 0.816. The average Bonchev–Trinajstić information content (AvgIpc) is 2.20. The van der Waals surface area contributed by atoms with Crippen LogP contribution in [0.5, 0.6) is 5.75 Å². The van der Waals surface area contributed by atoms with Gasteiger partial charge in [-0.25, -0.2) is 4.39 Å². The normalized spacial score (nSPS) is 12.4. The van der Waals surface area contributed by atoms with E-state index in [1.807, 2.05) is 0 Å². The summed E-state index contributed by atoms with van der Waals surface area (Å²) >= 11 is 0. The average molecular weight is 213 g/mol. The smallest absolute Gasteiger partial charge is 0.320 e. The van der Waals surface area contributed by atoms with E-state index in [1.54, 1.807) is 0 Å². The number of aliphatic carboxylic acids is 1. The van der Waals surface area contributed by atoms with E-state index < -0.39 is 18.7 Å². The number of nitrogens with two attached hydrogens (primary N) is 1. The summed E-state index contributed by atoms with van der Waals surface area (Å²) in [5, 5.41) is 17.7. The van der Waals surface area contributed by atoms with Crippen LogP contribution in [-0.4, -0.2) is 22.2 Å². The standard InChI is InChI=1S/C10H12FNO3/c11-5-7-3-8(13)2-1-6(7)4-9(12)10(14)15/h1-3,9,13H,4-5,12H2,(H,14,15)/t9-/m0/s1. The molecule has 0 aromatic heterocycles. The second-order valence-electron chi connectivity index (χ2n) is 3.24. The lowest BCUT2D eigenvalue weighted by Gasteiger charge is -2.10. The molecule has 0 saturated carbocycles. The van der Waals surface area contributed by atoms with Gasteiger partial charge < -0.3 is 15.9 Å². The van der Waals surface area contributed by atoms with Gasteiger partial charge in [0, 0.05) is 0 Å². The second-order valence-corrected chi connectivity index (χ2v) is 3.24. The van der Waals surface area contributed by atoms with Crippen molar-refractivity contribution in [3.05, 3.63) is 29.3 Å². The number of rotatable bonds is 4. The number of aromatic hydroxyl groups is 1. The predicted molar refractivity (Wildman–Crippen MR) is 52.2 cm³/mol. The second kappa shape index (κ2) is 4.75. The number of carboxylic acid groups (broad SMARTS) is 1. The molecular weight excluding hydrogens is 201 g/mol. The zero-order valence-corrected chi connectivity index (χ0v) is 7.98. The first-order valence-electron chi connectivity index (χ1n) is 4.39. The highest BCUT2D eigenvalue weighted by atomic mass is 19.1. The van der Waals surface area contributed by atoms with Crippen LogP contribution in [-0.2, 0) is 17.9 Å². The minimum atomic E-state index is -1.13. The lowest BCUT2D eigenvalue weighted by Crippen LogP contribution is -2.32. The van der Waals surface area contributed by atoms with Crippen molar-refractivity contribution < 1.29 is 19.4 Å². The maximum Gasteiger partial charge on any atom is 0.320 e.